The van der Waals surface area contributed by atoms with Crippen LogP contribution in [-0.4, -0.2) is 55.6 Å². The largest absolute Gasteiger partial charge is 0.463 e. The molecule has 5 heterocycles. The van der Waals surface area contributed by atoms with Crippen LogP contribution in [0, 0.1) is 5.92 Å². The number of hydrogen-bond donors (Lipinski definition) is 3. The highest BCUT2D eigenvalue weighted by Gasteiger charge is 2.24. The SMILES string of the molecule is O=C(Nc1ccc2nc(-c3ccco3)c(-c3ccc(CCCCNC(=S)Nc4ccc5nc(-c6ccccc6)c(-c6ccccc6)nc5c4)o3)nc2c1)N1CCC(Cc2ccccc2)CC1. The highest BCUT2D eigenvalue weighted by molar-refractivity contribution is 7.80. The van der Waals surface area contributed by atoms with E-state index in [0.717, 1.165) is 96.6 Å². The van der Waals surface area contributed by atoms with Gasteiger partial charge in [0.05, 0.1) is 39.7 Å². The summed E-state index contributed by atoms with van der Waals surface area (Å²) in [6.45, 7) is 2.15. The number of likely N-dealkylation sites (tertiary alicyclic amines) is 1. The molecule has 0 bridgehead atoms. The first-order valence-electron chi connectivity index (χ1n) is 22.5. The summed E-state index contributed by atoms with van der Waals surface area (Å²) < 4.78 is 12.2. The lowest BCUT2D eigenvalue weighted by molar-refractivity contribution is 0.182. The average Bonchev–Trinajstić information content (AvgIpc) is 4.08. The number of piperidine rings is 1. The predicted octanol–water partition coefficient (Wildman–Crippen LogP) is 12.2. The Morgan fingerprint density at radius 1 is 0.606 bits per heavy atom. The standard InChI is InChI=1S/C54H48N8O3S/c63-54(62-30-27-37(28-31-62)33-36-13-4-1-5-14-36)57-41-22-25-44-46(35-41)61-52(51(59-44)47-20-12-32-64-47)48-26-23-42(65-48)19-10-11-29-55-53(66)56-40-21-24-43-45(34-40)60-50(39-17-8-3-9-18-39)49(58-43)38-15-6-2-7-16-38/h1-9,12-18,20-26,32,34-35,37H,10-11,19,27-31,33H2,(H,57,63)(H2,55,56,66). The molecule has 5 aromatic carbocycles. The van der Waals surface area contributed by atoms with Gasteiger partial charge in [0.15, 0.2) is 16.6 Å². The molecule has 0 atom stereocenters. The smallest absolute Gasteiger partial charge is 0.321 e. The second kappa shape index (κ2) is 19.6. The maximum absolute atomic E-state index is 13.4. The third kappa shape index (κ3) is 9.84. The molecule has 1 fully saturated rings. The number of aryl methyl sites for hydroxylation is 1. The van der Waals surface area contributed by atoms with Crippen molar-refractivity contribution in [1.29, 1.82) is 0 Å². The number of nitrogens with one attached hydrogen (secondary N) is 3. The van der Waals surface area contributed by atoms with E-state index in [0.29, 0.717) is 57.2 Å². The van der Waals surface area contributed by atoms with Crippen molar-refractivity contribution < 1.29 is 13.6 Å². The van der Waals surface area contributed by atoms with Crippen molar-refractivity contribution in [3.8, 4) is 45.4 Å². The second-order valence-corrected chi connectivity index (χ2v) is 17.0. The number of carbonyl (C=O) groups is 1. The van der Waals surface area contributed by atoms with Gasteiger partial charge < -0.3 is 29.7 Å². The average molecular weight is 889 g/mol. The Kier molecular flexibility index (Phi) is 12.5. The zero-order valence-corrected chi connectivity index (χ0v) is 37.1. The van der Waals surface area contributed by atoms with Gasteiger partial charge in [0.25, 0.3) is 0 Å². The van der Waals surface area contributed by atoms with Crippen molar-refractivity contribution in [2.75, 3.05) is 30.3 Å². The number of carbonyl (C=O) groups excluding carboxylic acids is 1. The summed E-state index contributed by atoms with van der Waals surface area (Å²) in [5, 5.41) is 10.3. The number of fused-ring (bicyclic) bond motifs is 2. The van der Waals surface area contributed by atoms with E-state index in [1.165, 1.54) is 5.56 Å². The normalized spacial score (nSPS) is 12.9. The number of unbranched alkanes of at least 4 members (excludes halogenated alkanes) is 1. The second-order valence-electron chi connectivity index (χ2n) is 16.6. The van der Waals surface area contributed by atoms with Crippen molar-refractivity contribution in [3.63, 3.8) is 0 Å². The fourth-order valence-corrected chi connectivity index (χ4v) is 8.77. The molecule has 0 radical (unpaired) electrons. The van der Waals surface area contributed by atoms with Crippen LogP contribution in [-0.2, 0) is 12.8 Å². The molecule has 4 aromatic heterocycles. The number of furan rings is 2. The maximum Gasteiger partial charge on any atom is 0.321 e. The molecule has 12 heteroatoms. The van der Waals surface area contributed by atoms with Crippen LogP contribution in [0.4, 0.5) is 16.2 Å². The number of aromatic nitrogens is 4. The Balaban J connectivity index is 0.750. The number of benzene rings is 5. The third-order valence-corrected chi connectivity index (χ3v) is 12.2. The first-order chi connectivity index (χ1) is 32.5. The Labute approximate surface area is 388 Å². The van der Waals surface area contributed by atoms with Gasteiger partial charge in [0, 0.05) is 48.6 Å². The molecule has 3 N–H and O–H groups in total. The highest BCUT2D eigenvalue weighted by Crippen LogP contribution is 2.35. The van der Waals surface area contributed by atoms with Gasteiger partial charge in [0.1, 0.15) is 17.1 Å². The number of anilines is 2. The summed E-state index contributed by atoms with van der Waals surface area (Å²) in [4.78, 5) is 35.4. The van der Waals surface area contributed by atoms with E-state index in [-0.39, 0.29) is 6.03 Å². The Morgan fingerprint density at radius 3 is 1.85 bits per heavy atom. The number of urea groups is 1. The summed E-state index contributed by atoms with van der Waals surface area (Å²) in [7, 11) is 0. The van der Waals surface area contributed by atoms with Gasteiger partial charge in [-0.15, -0.1) is 0 Å². The minimum absolute atomic E-state index is 0.104. The Bertz CT molecular complexity index is 3100. The van der Waals surface area contributed by atoms with Crippen LogP contribution >= 0.6 is 12.2 Å². The van der Waals surface area contributed by atoms with Crippen LogP contribution in [0.15, 0.2) is 167 Å². The predicted molar refractivity (Wildman–Crippen MR) is 266 cm³/mol. The zero-order chi connectivity index (χ0) is 44.7. The highest BCUT2D eigenvalue weighted by atomic mass is 32.1. The quantitative estimate of drug-likeness (QED) is 0.0759. The summed E-state index contributed by atoms with van der Waals surface area (Å²) in [5.41, 5.74) is 10.6. The van der Waals surface area contributed by atoms with Gasteiger partial charge in [-0.05, 0) is 116 Å². The van der Waals surface area contributed by atoms with Gasteiger partial charge in [-0.3, -0.25) is 0 Å². The minimum atomic E-state index is -0.104. The van der Waals surface area contributed by atoms with E-state index in [1.54, 1.807) is 6.26 Å². The number of hydrogen-bond acceptors (Lipinski definition) is 8. The van der Waals surface area contributed by atoms with Crippen molar-refractivity contribution in [3.05, 3.63) is 169 Å². The fourth-order valence-electron chi connectivity index (χ4n) is 8.55. The van der Waals surface area contributed by atoms with E-state index in [2.05, 4.69) is 64.5 Å². The van der Waals surface area contributed by atoms with Gasteiger partial charge in [-0.2, -0.15) is 0 Å². The van der Waals surface area contributed by atoms with Crippen LogP contribution in [0.5, 0.6) is 0 Å². The van der Waals surface area contributed by atoms with E-state index in [4.69, 9.17) is 41.0 Å². The number of rotatable bonds is 13. The van der Waals surface area contributed by atoms with E-state index < -0.39 is 0 Å². The number of thiocarbonyl (C=S) groups is 1. The zero-order valence-electron chi connectivity index (χ0n) is 36.3. The number of nitrogens with zero attached hydrogens (tertiary/aromatic N) is 5. The molecule has 0 saturated carbocycles. The van der Waals surface area contributed by atoms with Crippen molar-refractivity contribution in [2.24, 2.45) is 5.92 Å². The lowest BCUT2D eigenvalue weighted by Crippen LogP contribution is -2.41. The van der Waals surface area contributed by atoms with E-state index >= 15 is 0 Å². The molecule has 2 amide bonds. The molecular weight excluding hydrogens is 841 g/mol. The van der Waals surface area contributed by atoms with Gasteiger partial charge in [-0.1, -0.05) is 91.0 Å². The van der Waals surface area contributed by atoms with Crippen molar-refractivity contribution >= 4 is 56.8 Å². The van der Waals surface area contributed by atoms with Gasteiger partial charge in [0.2, 0.25) is 0 Å². The molecule has 0 aliphatic carbocycles. The van der Waals surface area contributed by atoms with Crippen LogP contribution in [0.2, 0.25) is 0 Å². The molecule has 0 spiro atoms. The monoisotopic (exact) mass is 888 g/mol. The van der Waals surface area contributed by atoms with Gasteiger partial charge in [-0.25, -0.2) is 24.7 Å². The summed E-state index contributed by atoms with van der Waals surface area (Å²) in [6, 6.07) is 49.9. The maximum atomic E-state index is 13.4. The molecule has 0 unspecified atom stereocenters. The third-order valence-electron chi connectivity index (χ3n) is 12.0. The van der Waals surface area contributed by atoms with Crippen LogP contribution < -0.4 is 16.0 Å². The van der Waals surface area contributed by atoms with Crippen molar-refractivity contribution in [2.45, 2.75) is 38.5 Å². The topological polar surface area (TPSA) is 134 Å². The molecule has 328 valence electrons. The molecule has 1 aliphatic heterocycles. The number of amides is 2. The van der Waals surface area contributed by atoms with Gasteiger partial charge >= 0.3 is 6.03 Å². The van der Waals surface area contributed by atoms with Crippen LogP contribution in [0.25, 0.3) is 67.5 Å². The fraction of sp³-hybridized carbons (Fsp3) is 0.185. The molecule has 1 aliphatic rings. The molecule has 1 saturated heterocycles. The first kappa shape index (κ1) is 42.3. The lowest BCUT2D eigenvalue weighted by atomic mass is 9.90. The molecule has 66 heavy (non-hydrogen) atoms. The van der Waals surface area contributed by atoms with Crippen LogP contribution in [0.3, 0.4) is 0 Å². The summed E-state index contributed by atoms with van der Waals surface area (Å²) in [5.74, 6) is 2.60. The van der Waals surface area contributed by atoms with E-state index in [1.807, 2.05) is 108 Å². The minimum Gasteiger partial charge on any atom is -0.463 e. The molecule has 9 aromatic rings. The molecule has 10 rings (SSSR count). The first-order valence-corrected chi connectivity index (χ1v) is 22.9. The Morgan fingerprint density at radius 2 is 1.20 bits per heavy atom. The van der Waals surface area contributed by atoms with E-state index in [9.17, 15) is 4.79 Å². The van der Waals surface area contributed by atoms with Crippen LogP contribution in [0.1, 0.15) is 37.0 Å². The lowest BCUT2D eigenvalue weighted by Gasteiger charge is -2.32. The Hall–Kier alpha value is -7.70. The molecular formula is C54H48N8O3S. The molecule has 11 nitrogen and oxygen atoms in total. The van der Waals surface area contributed by atoms with Crippen molar-refractivity contribution in [1.82, 2.24) is 30.2 Å². The summed E-state index contributed by atoms with van der Waals surface area (Å²) >= 11 is 5.69. The summed E-state index contributed by atoms with van der Waals surface area (Å²) in [6.07, 6.45) is 7.11.